The van der Waals surface area contributed by atoms with Crippen LogP contribution in [0.2, 0.25) is 0 Å². The van der Waals surface area contributed by atoms with E-state index in [-0.39, 0.29) is 11.7 Å². The van der Waals surface area contributed by atoms with Gasteiger partial charge in [-0.2, -0.15) is 0 Å². The Morgan fingerprint density at radius 1 is 1.00 bits per heavy atom. The number of rotatable bonds is 7. The van der Waals surface area contributed by atoms with Crippen molar-refractivity contribution in [2.24, 2.45) is 11.1 Å². The summed E-state index contributed by atoms with van der Waals surface area (Å²) in [6.45, 7) is 2.34. The van der Waals surface area contributed by atoms with Crippen LogP contribution in [0.25, 0.3) is 11.1 Å². The van der Waals surface area contributed by atoms with Crippen LogP contribution in [0.15, 0.2) is 72.8 Å². The van der Waals surface area contributed by atoms with Crippen molar-refractivity contribution in [2.45, 2.75) is 25.8 Å². The predicted molar refractivity (Wildman–Crippen MR) is 125 cm³/mol. The van der Waals surface area contributed by atoms with E-state index in [2.05, 4.69) is 11.0 Å². The summed E-state index contributed by atoms with van der Waals surface area (Å²) in [6.07, 6.45) is 1.93. The third-order valence-corrected chi connectivity index (χ3v) is 6.60. The van der Waals surface area contributed by atoms with E-state index in [1.807, 2.05) is 48.5 Å². The number of ether oxygens (including phenoxy) is 1. The van der Waals surface area contributed by atoms with Crippen molar-refractivity contribution in [3.8, 4) is 16.9 Å². The number of para-hydroxylation sites is 1. The van der Waals surface area contributed by atoms with Crippen LogP contribution in [-0.4, -0.2) is 31.0 Å². The number of nitrogens with zero attached hydrogens (tertiary/aromatic N) is 1. The summed E-state index contributed by atoms with van der Waals surface area (Å²) in [4.78, 5) is 15.0. The van der Waals surface area contributed by atoms with E-state index >= 15 is 0 Å². The number of carbonyl (C=O) groups is 1. The van der Waals surface area contributed by atoms with Gasteiger partial charge in [0.2, 0.25) is 5.91 Å². The number of benzene rings is 3. The Labute approximate surface area is 188 Å². The average molecular weight is 433 g/mol. The first-order valence-corrected chi connectivity index (χ1v) is 11.0. The molecule has 1 saturated heterocycles. The van der Waals surface area contributed by atoms with E-state index in [0.29, 0.717) is 19.3 Å². The van der Waals surface area contributed by atoms with Gasteiger partial charge in [0.25, 0.3) is 0 Å². The third-order valence-electron chi connectivity index (χ3n) is 6.60. The van der Waals surface area contributed by atoms with Crippen molar-refractivity contribution < 1.29 is 13.9 Å². The van der Waals surface area contributed by atoms with Crippen molar-refractivity contribution >= 4 is 5.91 Å². The van der Waals surface area contributed by atoms with Gasteiger partial charge in [-0.05, 0) is 67.2 Å². The van der Waals surface area contributed by atoms with Crippen LogP contribution in [0.4, 0.5) is 4.39 Å². The summed E-state index contributed by atoms with van der Waals surface area (Å²) in [5.74, 6) is 0.346. The van der Waals surface area contributed by atoms with E-state index in [4.69, 9.17) is 10.5 Å². The highest BCUT2D eigenvalue weighted by atomic mass is 19.1. The Morgan fingerprint density at radius 2 is 1.69 bits per heavy atom. The van der Waals surface area contributed by atoms with Gasteiger partial charge in [0.1, 0.15) is 11.6 Å². The van der Waals surface area contributed by atoms with Crippen molar-refractivity contribution in [3.63, 3.8) is 0 Å². The number of methoxy groups -OCH3 is 1. The first-order chi connectivity index (χ1) is 15.5. The van der Waals surface area contributed by atoms with Crippen LogP contribution in [0.5, 0.6) is 5.75 Å². The van der Waals surface area contributed by atoms with Crippen LogP contribution in [-0.2, 0) is 17.8 Å². The zero-order valence-corrected chi connectivity index (χ0v) is 18.4. The summed E-state index contributed by atoms with van der Waals surface area (Å²) in [5, 5.41) is 0. The minimum atomic E-state index is -0.610. The number of hydrogen-bond donors (Lipinski definition) is 1. The van der Waals surface area contributed by atoms with Crippen LogP contribution in [0.1, 0.15) is 24.0 Å². The van der Waals surface area contributed by atoms with Gasteiger partial charge < -0.3 is 10.5 Å². The zero-order valence-electron chi connectivity index (χ0n) is 18.4. The fourth-order valence-corrected chi connectivity index (χ4v) is 4.70. The molecule has 1 fully saturated rings. The molecule has 0 saturated carbocycles. The van der Waals surface area contributed by atoms with Crippen LogP contribution in [0, 0.1) is 11.2 Å². The Kier molecular flexibility index (Phi) is 6.56. The molecule has 2 N–H and O–H groups in total. The molecule has 0 radical (unpaired) electrons. The molecule has 4 rings (SSSR count). The molecule has 4 nitrogen and oxygen atoms in total. The molecule has 0 bridgehead atoms. The van der Waals surface area contributed by atoms with E-state index in [1.54, 1.807) is 13.2 Å². The fraction of sp³-hybridized carbons (Fsp3) is 0.296. The molecule has 0 unspecified atom stereocenters. The maximum Gasteiger partial charge on any atom is 0.224 e. The standard InChI is InChI=1S/C27H29FN2O2/c1-32-25-12-5-3-8-22(25)19-30-15-13-27(14-16-30,26(29)31)18-21-7-2-4-11-24(21)20-9-6-10-23(28)17-20/h2-12,17H,13-16,18-19H2,1H3,(H2,29,31). The van der Waals surface area contributed by atoms with E-state index in [0.717, 1.165) is 47.6 Å². The van der Waals surface area contributed by atoms with Crippen molar-refractivity contribution in [2.75, 3.05) is 20.2 Å². The molecule has 1 amide bonds. The number of amides is 1. The highest BCUT2D eigenvalue weighted by Gasteiger charge is 2.40. The third kappa shape index (κ3) is 4.68. The second-order valence-corrected chi connectivity index (χ2v) is 8.58. The Balaban J connectivity index is 1.53. The molecule has 0 spiro atoms. The monoisotopic (exact) mass is 432 g/mol. The molecule has 1 aliphatic heterocycles. The molecule has 166 valence electrons. The van der Waals surface area contributed by atoms with Crippen molar-refractivity contribution in [1.82, 2.24) is 4.90 Å². The van der Waals surface area contributed by atoms with Gasteiger partial charge in [0, 0.05) is 12.1 Å². The lowest BCUT2D eigenvalue weighted by Gasteiger charge is -2.40. The minimum Gasteiger partial charge on any atom is -0.496 e. The summed E-state index contributed by atoms with van der Waals surface area (Å²) >= 11 is 0. The molecule has 1 heterocycles. The lowest BCUT2D eigenvalue weighted by atomic mass is 9.72. The molecule has 0 aliphatic carbocycles. The first kappa shape index (κ1) is 22.0. The molecule has 3 aromatic carbocycles. The van der Waals surface area contributed by atoms with Crippen LogP contribution < -0.4 is 10.5 Å². The van der Waals surface area contributed by atoms with Crippen LogP contribution >= 0.6 is 0 Å². The normalized spacial score (nSPS) is 15.9. The second-order valence-electron chi connectivity index (χ2n) is 8.58. The number of hydrogen-bond acceptors (Lipinski definition) is 3. The quantitative estimate of drug-likeness (QED) is 0.583. The van der Waals surface area contributed by atoms with E-state index in [9.17, 15) is 9.18 Å². The number of likely N-dealkylation sites (tertiary alicyclic amines) is 1. The maximum absolute atomic E-state index is 13.8. The SMILES string of the molecule is COc1ccccc1CN1CCC(Cc2ccccc2-c2cccc(F)c2)(C(N)=O)CC1. The first-order valence-electron chi connectivity index (χ1n) is 11.0. The van der Waals surface area contributed by atoms with Crippen LogP contribution in [0.3, 0.4) is 0 Å². The molecule has 0 atom stereocenters. The molecule has 1 aliphatic rings. The summed E-state index contributed by atoms with van der Waals surface area (Å²) in [6, 6.07) is 22.5. The number of piperidine rings is 1. The molecule has 0 aromatic heterocycles. The molecule has 5 heteroatoms. The number of primary amides is 1. The zero-order chi connectivity index (χ0) is 22.6. The van der Waals surface area contributed by atoms with Gasteiger partial charge in [-0.25, -0.2) is 4.39 Å². The number of nitrogens with two attached hydrogens (primary N) is 1. The highest BCUT2D eigenvalue weighted by Crippen LogP contribution is 2.38. The second kappa shape index (κ2) is 9.53. The molecular formula is C27H29FN2O2. The fourth-order valence-electron chi connectivity index (χ4n) is 4.70. The van der Waals surface area contributed by atoms with E-state index in [1.165, 1.54) is 12.1 Å². The van der Waals surface area contributed by atoms with E-state index < -0.39 is 5.41 Å². The van der Waals surface area contributed by atoms with Crippen molar-refractivity contribution in [3.05, 3.63) is 89.7 Å². The van der Waals surface area contributed by atoms with Gasteiger partial charge in [-0.3, -0.25) is 9.69 Å². The van der Waals surface area contributed by atoms with Gasteiger partial charge in [0.15, 0.2) is 0 Å². The van der Waals surface area contributed by atoms with Gasteiger partial charge in [0.05, 0.1) is 12.5 Å². The largest absolute Gasteiger partial charge is 0.496 e. The highest BCUT2D eigenvalue weighted by molar-refractivity contribution is 5.82. The lowest BCUT2D eigenvalue weighted by Crippen LogP contribution is -2.48. The van der Waals surface area contributed by atoms with Gasteiger partial charge in [-0.1, -0.05) is 54.6 Å². The Morgan fingerprint density at radius 3 is 2.38 bits per heavy atom. The number of halogens is 1. The lowest BCUT2D eigenvalue weighted by molar-refractivity contribution is -0.130. The van der Waals surface area contributed by atoms with Gasteiger partial charge >= 0.3 is 0 Å². The average Bonchev–Trinajstić information content (AvgIpc) is 2.81. The molecule has 3 aromatic rings. The summed E-state index contributed by atoms with van der Waals surface area (Å²) < 4.78 is 19.3. The molecule has 32 heavy (non-hydrogen) atoms. The topological polar surface area (TPSA) is 55.6 Å². The maximum atomic E-state index is 13.8. The predicted octanol–water partition coefficient (Wildman–Crippen LogP) is 4.81. The Hall–Kier alpha value is -3.18. The number of carbonyl (C=O) groups excluding carboxylic acids is 1. The minimum absolute atomic E-state index is 0.261. The summed E-state index contributed by atoms with van der Waals surface area (Å²) in [5.41, 5.74) is 9.28. The summed E-state index contributed by atoms with van der Waals surface area (Å²) in [7, 11) is 1.68. The van der Waals surface area contributed by atoms with Crippen molar-refractivity contribution in [1.29, 1.82) is 0 Å². The molecular weight excluding hydrogens is 403 g/mol. The Bertz CT molecular complexity index is 1090. The smallest absolute Gasteiger partial charge is 0.224 e. The van der Waals surface area contributed by atoms with Gasteiger partial charge in [-0.15, -0.1) is 0 Å².